The normalized spacial score (nSPS) is 15.4. The molecule has 1 fully saturated rings. The minimum absolute atomic E-state index is 0.0278. The average molecular weight is 387 g/mol. The Balaban J connectivity index is 1.38. The van der Waals surface area contributed by atoms with E-state index in [1.807, 2.05) is 41.4 Å². The Kier molecular flexibility index (Phi) is 5.28. The summed E-state index contributed by atoms with van der Waals surface area (Å²) in [4.78, 5) is 20.3. The zero-order valence-electron chi connectivity index (χ0n) is 14.8. The summed E-state index contributed by atoms with van der Waals surface area (Å²) in [5.74, 6) is 2.38. The van der Waals surface area contributed by atoms with Crippen LogP contribution in [0.3, 0.4) is 0 Å². The fourth-order valence-corrected chi connectivity index (χ4v) is 5.01. The number of carbonyl (C=O) groups is 1. The van der Waals surface area contributed by atoms with E-state index in [0.717, 1.165) is 41.7 Å². The van der Waals surface area contributed by atoms with Gasteiger partial charge in [-0.3, -0.25) is 14.1 Å². The van der Waals surface area contributed by atoms with Gasteiger partial charge in [0.25, 0.3) is 0 Å². The Hall–Kier alpha value is -1.83. The average Bonchev–Trinajstić information content (AvgIpc) is 3.17. The largest absolute Gasteiger partial charge is 0.326 e. The summed E-state index contributed by atoms with van der Waals surface area (Å²) in [5.41, 5.74) is 4.05. The zero-order valence-corrected chi connectivity index (χ0v) is 16.4. The van der Waals surface area contributed by atoms with E-state index in [9.17, 15) is 4.79 Å². The topological polar surface area (TPSA) is 49.6 Å². The predicted octanol–water partition coefficient (Wildman–Crippen LogP) is 3.43. The predicted molar refractivity (Wildman–Crippen MR) is 109 cm³/mol. The van der Waals surface area contributed by atoms with Gasteiger partial charge in [-0.2, -0.15) is 11.8 Å². The van der Waals surface area contributed by atoms with Crippen LogP contribution in [0.1, 0.15) is 17.0 Å². The Bertz CT molecular complexity index is 911. The van der Waals surface area contributed by atoms with Crippen molar-refractivity contribution in [3.05, 3.63) is 52.8 Å². The molecule has 7 heteroatoms. The SMILES string of the molecule is Cc1csc2nc(CC(=O)Nc3cccc(CN4CCSCC4)c3)cn12. The summed E-state index contributed by atoms with van der Waals surface area (Å²) in [5, 5.41) is 5.08. The minimum atomic E-state index is -0.0278. The number of fused-ring (bicyclic) bond motifs is 1. The van der Waals surface area contributed by atoms with E-state index in [1.165, 1.54) is 17.1 Å². The highest BCUT2D eigenvalue weighted by Crippen LogP contribution is 2.18. The van der Waals surface area contributed by atoms with Crippen molar-refractivity contribution < 1.29 is 4.79 Å². The van der Waals surface area contributed by atoms with Crippen molar-refractivity contribution in [3.63, 3.8) is 0 Å². The third-order valence-electron chi connectivity index (χ3n) is 4.50. The van der Waals surface area contributed by atoms with Crippen LogP contribution in [0.25, 0.3) is 4.96 Å². The first kappa shape index (κ1) is 17.6. The van der Waals surface area contributed by atoms with E-state index < -0.39 is 0 Å². The molecule has 5 nitrogen and oxygen atoms in total. The summed E-state index contributed by atoms with van der Waals surface area (Å²) in [6, 6.07) is 8.17. The standard InChI is InChI=1S/C19H22N4OS2/c1-14-13-26-19-21-17(12-23(14)19)10-18(24)20-16-4-2-3-15(9-16)11-22-5-7-25-8-6-22/h2-4,9,12-13H,5-8,10-11H2,1H3,(H,20,24). The molecule has 1 saturated heterocycles. The first-order chi connectivity index (χ1) is 12.7. The number of hydrogen-bond donors (Lipinski definition) is 1. The number of thioether (sulfide) groups is 1. The maximum atomic E-state index is 12.4. The molecule has 0 radical (unpaired) electrons. The molecule has 3 heterocycles. The van der Waals surface area contributed by atoms with Crippen LogP contribution in [0, 0.1) is 6.92 Å². The second-order valence-corrected chi connectivity index (χ2v) is 8.64. The minimum Gasteiger partial charge on any atom is -0.326 e. The van der Waals surface area contributed by atoms with Gasteiger partial charge in [-0.05, 0) is 24.6 Å². The molecule has 1 amide bonds. The van der Waals surface area contributed by atoms with E-state index in [2.05, 4.69) is 32.7 Å². The van der Waals surface area contributed by atoms with Crippen molar-refractivity contribution >= 4 is 39.7 Å². The molecule has 3 aromatic rings. The van der Waals surface area contributed by atoms with Crippen LogP contribution >= 0.6 is 23.1 Å². The highest BCUT2D eigenvalue weighted by Gasteiger charge is 2.12. The molecule has 4 rings (SSSR count). The molecule has 1 N–H and O–H groups in total. The Morgan fingerprint density at radius 2 is 2.15 bits per heavy atom. The Morgan fingerprint density at radius 1 is 1.31 bits per heavy atom. The number of nitrogens with zero attached hydrogens (tertiary/aromatic N) is 3. The van der Waals surface area contributed by atoms with Gasteiger partial charge in [0.05, 0.1) is 12.1 Å². The summed E-state index contributed by atoms with van der Waals surface area (Å²) < 4.78 is 2.03. The Morgan fingerprint density at radius 3 is 2.96 bits per heavy atom. The lowest BCUT2D eigenvalue weighted by molar-refractivity contribution is -0.115. The van der Waals surface area contributed by atoms with Gasteiger partial charge in [-0.1, -0.05) is 12.1 Å². The number of anilines is 1. The molecular weight excluding hydrogens is 364 g/mol. The van der Waals surface area contributed by atoms with Crippen molar-refractivity contribution in [1.29, 1.82) is 0 Å². The number of aryl methyl sites for hydroxylation is 1. The molecule has 1 aromatic carbocycles. The molecule has 26 heavy (non-hydrogen) atoms. The fourth-order valence-electron chi connectivity index (χ4n) is 3.16. The van der Waals surface area contributed by atoms with Crippen molar-refractivity contribution in [2.75, 3.05) is 29.9 Å². The van der Waals surface area contributed by atoms with Gasteiger partial charge >= 0.3 is 0 Å². The van der Waals surface area contributed by atoms with Crippen LogP contribution in [-0.2, 0) is 17.8 Å². The number of hydrogen-bond acceptors (Lipinski definition) is 5. The molecule has 1 aliphatic rings. The summed E-state index contributed by atoms with van der Waals surface area (Å²) in [6.07, 6.45) is 2.24. The van der Waals surface area contributed by atoms with Crippen LogP contribution in [0.2, 0.25) is 0 Å². The first-order valence-corrected chi connectivity index (χ1v) is 10.8. The van der Waals surface area contributed by atoms with E-state index in [1.54, 1.807) is 11.3 Å². The summed E-state index contributed by atoms with van der Waals surface area (Å²) in [7, 11) is 0. The van der Waals surface area contributed by atoms with Crippen molar-refractivity contribution in [3.8, 4) is 0 Å². The fraction of sp³-hybridized carbons (Fsp3) is 0.368. The molecule has 2 aromatic heterocycles. The molecule has 0 spiro atoms. The van der Waals surface area contributed by atoms with E-state index in [0.29, 0.717) is 6.42 Å². The molecular formula is C19H22N4OS2. The van der Waals surface area contributed by atoms with Crippen LogP contribution in [0.5, 0.6) is 0 Å². The number of aromatic nitrogens is 2. The third kappa shape index (κ3) is 4.11. The molecule has 136 valence electrons. The van der Waals surface area contributed by atoms with E-state index in [-0.39, 0.29) is 5.91 Å². The van der Waals surface area contributed by atoms with Crippen molar-refractivity contribution in [2.45, 2.75) is 19.9 Å². The van der Waals surface area contributed by atoms with Crippen LogP contribution in [0.4, 0.5) is 5.69 Å². The zero-order chi connectivity index (χ0) is 17.9. The van der Waals surface area contributed by atoms with Gasteiger partial charge in [0.1, 0.15) is 0 Å². The van der Waals surface area contributed by atoms with Gasteiger partial charge in [-0.25, -0.2) is 4.98 Å². The number of amides is 1. The van der Waals surface area contributed by atoms with Gasteiger partial charge in [0.2, 0.25) is 5.91 Å². The lowest BCUT2D eigenvalue weighted by Crippen LogP contribution is -2.31. The van der Waals surface area contributed by atoms with Gasteiger partial charge in [0.15, 0.2) is 4.96 Å². The Labute approximate surface area is 161 Å². The molecule has 0 unspecified atom stereocenters. The van der Waals surface area contributed by atoms with Crippen LogP contribution in [0.15, 0.2) is 35.8 Å². The third-order valence-corrected chi connectivity index (χ3v) is 6.40. The van der Waals surface area contributed by atoms with Gasteiger partial charge in [-0.15, -0.1) is 11.3 Å². The van der Waals surface area contributed by atoms with Crippen LogP contribution in [-0.4, -0.2) is 44.8 Å². The monoisotopic (exact) mass is 386 g/mol. The number of nitrogens with one attached hydrogen (secondary N) is 1. The molecule has 0 atom stereocenters. The van der Waals surface area contributed by atoms with Gasteiger partial charge in [0, 0.05) is 54.1 Å². The summed E-state index contributed by atoms with van der Waals surface area (Å²) >= 11 is 3.62. The molecule has 0 bridgehead atoms. The smallest absolute Gasteiger partial charge is 0.230 e. The molecule has 1 aliphatic heterocycles. The maximum absolute atomic E-state index is 12.4. The number of benzene rings is 1. The first-order valence-electron chi connectivity index (χ1n) is 8.78. The number of imidazole rings is 1. The highest BCUT2D eigenvalue weighted by atomic mass is 32.2. The highest BCUT2D eigenvalue weighted by molar-refractivity contribution is 7.99. The van der Waals surface area contributed by atoms with Crippen LogP contribution < -0.4 is 5.32 Å². The maximum Gasteiger partial charge on any atom is 0.230 e. The number of thiazole rings is 1. The lowest BCUT2D eigenvalue weighted by Gasteiger charge is -2.26. The second-order valence-electron chi connectivity index (χ2n) is 6.58. The van der Waals surface area contributed by atoms with E-state index in [4.69, 9.17) is 0 Å². The van der Waals surface area contributed by atoms with E-state index >= 15 is 0 Å². The quantitative estimate of drug-likeness (QED) is 0.730. The second kappa shape index (κ2) is 7.82. The van der Waals surface area contributed by atoms with Crippen molar-refractivity contribution in [1.82, 2.24) is 14.3 Å². The van der Waals surface area contributed by atoms with Gasteiger partial charge < -0.3 is 5.32 Å². The number of carbonyl (C=O) groups excluding carboxylic acids is 1. The summed E-state index contributed by atoms with van der Waals surface area (Å²) in [6.45, 7) is 5.26. The molecule has 0 saturated carbocycles. The molecule has 0 aliphatic carbocycles. The number of rotatable bonds is 5. The van der Waals surface area contributed by atoms with Crippen molar-refractivity contribution in [2.24, 2.45) is 0 Å². The lowest BCUT2D eigenvalue weighted by atomic mass is 10.2.